The molecule has 1 saturated heterocycles. The molecule has 1 aromatic rings. The van der Waals surface area contributed by atoms with Crippen LogP contribution in [-0.4, -0.2) is 42.7 Å². The van der Waals surface area contributed by atoms with Crippen LogP contribution in [0.5, 0.6) is 0 Å². The molecule has 2 aliphatic rings. The first-order chi connectivity index (χ1) is 8.62. The molecule has 1 atom stereocenters. The summed E-state index contributed by atoms with van der Waals surface area (Å²) >= 11 is 1.58. The highest BCUT2D eigenvalue weighted by Gasteiger charge is 2.31. The third-order valence-electron chi connectivity index (χ3n) is 3.41. The fraction of sp³-hybridized carbons (Fsp3) is 0.818. The quantitative estimate of drug-likeness (QED) is 0.864. The maximum absolute atomic E-state index is 11.4. The van der Waals surface area contributed by atoms with Gasteiger partial charge in [-0.25, -0.2) is 8.42 Å². The first-order valence-corrected chi connectivity index (χ1v) is 9.02. The van der Waals surface area contributed by atoms with E-state index in [-0.39, 0.29) is 11.7 Å². The highest BCUT2D eigenvalue weighted by Crippen LogP contribution is 2.30. The van der Waals surface area contributed by atoms with E-state index in [1.165, 1.54) is 12.8 Å². The smallest absolute Gasteiger partial charge is 0.151 e. The van der Waals surface area contributed by atoms with Crippen LogP contribution in [0.3, 0.4) is 0 Å². The zero-order valence-electron chi connectivity index (χ0n) is 10.1. The first kappa shape index (κ1) is 12.5. The molecule has 1 N–H and O–H groups in total. The van der Waals surface area contributed by atoms with E-state index in [0.717, 1.165) is 29.0 Å². The van der Waals surface area contributed by atoms with Crippen LogP contribution in [0.1, 0.15) is 35.2 Å². The summed E-state index contributed by atoms with van der Waals surface area (Å²) in [6.07, 6.45) is 4.19. The number of hydrogen-bond acceptors (Lipinski definition) is 6. The molecule has 1 unspecified atom stereocenters. The van der Waals surface area contributed by atoms with Gasteiger partial charge < -0.3 is 5.32 Å². The number of nitrogens with zero attached hydrogens (tertiary/aromatic N) is 2. The van der Waals surface area contributed by atoms with Crippen LogP contribution in [0.15, 0.2) is 0 Å². The molecule has 0 aromatic carbocycles. The van der Waals surface area contributed by atoms with Crippen molar-refractivity contribution in [3.05, 3.63) is 10.0 Å². The molecule has 1 saturated carbocycles. The van der Waals surface area contributed by atoms with Crippen molar-refractivity contribution in [2.75, 3.05) is 18.1 Å². The van der Waals surface area contributed by atoms with Crippen molar-refractivity contribution in [2.45, 2.75) is 37.6 Å². The maximum atomic E-state index is 11.4. The van der Waals surface area contributed by atoms with E-state index in [1.807, 2.05) is 0 Å². The van der Waals surface area contributed by atoms with Crippen molar-refractivity contribution < 1.29 is 8.42 Å². The van der Waals surface area contributed by atoms with Crippen LogP contribution in [0, 0.1) is 0 Å². The van der Waals surface area contributed by atoms with E-state index in [2.05, 4.69) is 15.5 Å². The van der Waals surface area contributed by atoms with Crippen LogP contribution in [0.2, 0.25) is 0 Å². The number of nitrogens with one attached hydrogen (secondary N) is 1. The van der Waals surface area contributed by atoms with Gasteiger partial charge in [-0.15, -0.1) is 21.5 Å². The molecule has 1 aromatic heterocycles. The standard InChI is InChI=1S/C11H17N3O2S2/c15-18(16)6-4-8(7-18)11-14-13-10(17-11)3-5-12-9-1-2-9/h8-9,12H,1-7H2. The zero-order chi connectivity index (χ0) is 12.6. The van der Waals surface area contributed by atoms with Gasteiger partial charge in [0.15, 0.2) is 9.84 Å². The summed E-state index contributed by atoms with van der Waals surface area (Å²) in [6, 6.07) is 0.720. The Morgan fingerprint density at radius 2 is 2.11 bits per heavy atom. The molecular formula is C11H17N3O2S2. The van der Waals surface area contributed by atoms with Crippen molar-refractivity contribution in [2.24, 2.45) is 0 Å². The van der Waals surface area contributed by atoms with E-state index >= 15 is 0 Å². The van der Waals surface area contributed by atoms with E-state index in [0.29, 0.717) is 12.2 Å². The van der Waals surface area contributed by atoms with Gasteiger partial charge in [-0.05, 0) is 19.3 Å². The minimum Gasteiger partial charge on any atom is -0.314 e. The Bertz CT molecular complexity index is 522. The fourth-order valence-corrected chi connectivity index (χ4v) is 5.02. The molecule has 1 aliphatic heterocycles. The largest absolute Gasteiger partial charge is 0.314 e. The lowest BCUT2D eigenvalue weighted by Crippen LogP contribution is -2.19. The highest BCUT2D eigenvalue weighted by atomic mass is 32.2. The van der Waals surface area contributed by atoms with Crippen molar-refractivity contribution in [1.82, 2.24) is 15.5 Å². The Labute approximate surface area is 111 Å². The summed E-state index contributed by atoms with van der Waals surface area (Å²) in [5.41, 5.74) is 0. The molecule has 18 heavy (non-hydrogen) atoms. The minimum atomic E-state index is -2.83. The lowest BCUT2D eigenvalue weighted by atomic mass is 10.1. The lowest BCUT2D eigenvalue weighted by molar-refractivity contribution is 0.601. The molecule has 0 radical (unpaired) electrons. The van der Waals surface area contributed by atoms with Gasteiger partial charge in [0.25, 0.3) is 0 Å². The molecule has 2 fully saturated rings. The second kappa shape index (κ2) is 4.86. The molecule has 3 rings (SSSR count). The van der Waals surface area contributed by atoms with Crippen LogP contribution >= 0.6 is 11.3 Å². The third-order valence-corrected chi connectivity index (χ3v) is 6.33. The third kappa shape index (κ3) is 3.07. The van der Waals surface area contributed by atoms with Gasteiger partial charge in [0, 0.05) is 24.9 Å². The molecule has 100 valence electrons. The number of sulfone groups is 1. The predicted molar refractivity (Wildman–Crippen MR) is 70.6 cm³/mol. The number of hydrogen-bond donors (Lipinski definition) is 1. The van der Waals surface area contributed by atoms with E-state index in [4.69, 9.17) is 0 Å². The lowest BCUT2D eigenvalue weighted by Gasteiger charge is -2.00. The average molecular weight is 287 g/mol. The van der Waals surface area contributed by atoms with E-state index < -0.39 is 9.84 Å². The Kier molecular flexibility index (Phi) is 3.38. The summed E-state index contributed by atoms with van der Waals surface area (Å²) in [5, 5.41) is 13.7. The second-order valence-electron chi connectivity index (χ2n) is 5.11. The van der Waals surface area contributed by atoms with Crippen molar-refractivity contribution >= 4 is 21.2 Å². The van der Waals surface area contributed by atoms with Gasteiger partial charge >= 0.3 is 0 Å². The van der Waals surface area contributed by atoms with Crippen molar-refractivity contribution in [3.8, 4) is 0 Å². The molecule has 0 bridgehead atoms. The maximum Gasteiger partial charge on any atom is 0.151 e. The van der Waals surface area contributed by atoms with Gasteiger partial charge in [0.1, 0.15) is 10.0 Å². The van der Waals surface area contributed by atoms with E-state index in [9.17, 15) is 8.42 Å². The van der Waals surface area contributed by atoms with Gasteiger partial charge in [0.2, 0.25) is 0 Å². The average Bonchev–Trinajstić information content (AvgIpc) is 2.88. The first-order valence-electron chi connectivity index (χ1n) is 6.38. The Morgan fingerprint density at radius 3 is 2.78 bits per heavy atom. The second-order valence-corrected chi connectivity index (χ2v) is 8.43. The molecule has 7 heteroatoms. The highest BCUT2D eigenvalue weighted by molar-refractivity contribution is 7.91. The molecular weight excluding hydrogens is 270 g/mol. The van der Waals surface area contributed by atoms with Crippen LogP contribution in [-0.2, 0) is 16.3 Å². The van der Waals surface area contributed by atoms with Gasteiger partial charge in [-0.1, -0.05) is 0 Å². The molecule has 0 spiro atoms. The monoisotopic (exact) mass is 287 g/mol. The van der Waals surface area contributed by atoms with Crippen LogP contribution in [0.4, 0.5) is 0 Å². The Morgan fingerprint density at radius 1 is 1.28 bits per heavy atom. The van der Waals surface area contributed by atoms with Crippen molar-refractivity contribution in [1.29, 1.82) is 0 Å². The van der Waals surface area contributed by atoms with Gasteiger partial charge in [-0.2, -0.15) is 0 Å². The summed E-state index contributed by atoms with van der Waals surface area (Å²) in [6.45, 7) is 0.947. The summed E-state index contributed by atoms with van der Waals surface area (Å²) < 4.78 is 22.8. The fourth-order valence-electron chi connectivity index (χ4n) is 2.19. The number of rotatable bonds is 5. The summed E-state index contributed by atoms with van der Waals surface area (Å²) in [4.78, 5) is 0. The summed E-state index contributed by atoms with van der Waals surface area (Å²) in [5.74, 6) is 0.634. The van der Waals surface area contributed by atoms with Gasteiger partial charge in [-0.3, -0.25) is 0 Å². The van der Waals surface area contributed by atoms with Crippen molar-refractivity contribution in [3.63, 3.8) is 0 Å². The van der Waals surface area contributed by atoms with Crippen LogP contribution in [0.25, 0.3) is 0 Å². The van der Waals surface area contributed by atoms with E-state index in [1.54, 1.807) is 11.3 Å². The molecule has 1 aliphatic carbocycles. The topological polar surface area (TPSA) is 72.0 Å². The normalized spacial score (nSPS) is 26.6. The predicted octanol–water partition coefficient (Wildman–Crippen LogP) is 0.735. The zero-order valence-corrected chi connectivity index (χ0v) is 11.8. The SMILES string of the molecule is O=S1(=O)CCC(c2nnc(CCNC3CC3)s2)C1. The summed E-state index contributed by atoms with van der Waals surface area (Å²) in [7, 11) is -2.83. The number of aromatic nitrogens is 2. The minimum absolute atomic E-state index is 0.0811. The molecule has 0 amide bonds. The molecule has 2 heterocycles. The Hall–Kier alpha value is -0.530. The van der Waals surface area contributed by atoms with Crippen LogP contribution < -0.4 is 5.32 Å². The Balaban J connectivity index is 1.55. The van der Waals surface area contributed by atoms with Gasteiger partial charge in [0.05, 0.1) is 11.5 Å². The molecule has 5 nitrogen and oxygen atoms in total.